The summed E-state index contributed by atoms with van der Waals surface area (Å²) in [5, 5.41) is 15.0. The van der Waals surface area contributed by atoms with Crippen molar-refractivity contribution in [3.05, 3.63) is 70.0 Å². The second-order valence-electron chi connectivity index (χ2n) is 6.11. The van der Waals surface area contributed by atoms with E-state index in [0.29, 0.717) is 21.5 Å². The Labute approximate surface area is 159 Å². The second-order valence-corrected chi connectivity index (χ2v) is 7.17. The van der Waals surface area contributed by atoms with Gasteiger partial charge in [-0.15, -0.1) is 10.2 Å². The van der Waals surface area contributed by atoms with Crippen LogP contribution in [-0.2, 0) is 19.6 Å². The van der Waals surface area contributed by atoms with Gasteiger partial charge in [-0.3, -0.25) is 10.1 Å². The van der Waals surface area contributed by atoms with E-state index in [1.54, 1.807) is 12.1 Å². The van der Waals surface area contributed by atoms with Crippen LogP contribution in [-0.4, -0.2) is 22.6 Å². The van der Waals surface area contributed by atoms with Crippen molar-refractivity contribution in [3.63, 3.8) is 0 Å². The van der Waals surface area contributed by atoms with Crippen LogP contribution in [0.4, 0.5) is 9.52 Å². The van der Waals surface area contributed by atoms with Crippen molar-refractivity contribution in [2.75, 3.05) is 11.9 Å². The van der Waals surface area contributed by atoms with Crippen LogP contribution in [0.25, 0.3) is 0 Å². The topological polar surface area (TPSA) is 76.1 Å². The zero-order valence-electron chi connectivity index (χ0n) is 14.4. The van der Waals surface area contributed by atoms with Crippen molar-refractivity contribution >= 4 is 22.4 Å². The summed E-state index contributed by atoms with van der Waals surface area (Å²) in [6.07, 6.45) is 0.914. The molecule has 0 bridgehead atoms. The van der Waals surface area contributed by atoms with Gasteiger partial charge in [-0.25, -0.2) is 4.39 Å². The van der Waals surface area contributed by atoms with E-state index in [1.807, 2.05) is 18.2 Å². The number of aromatic nitrogens is 2. The van der Waals surface area contributed by atoms with Gasteiger partial charge in [0, 0.05) is 18.2 Å². The number of ether oxygens (including phenoxy) is 1. The van der Waals surface area contributed by atoms with Gasteiger partial charge in [0.2, 0.25) is 5.13 Å². The molecule has 2 aromatic carbocycles. The van der Waals surface area contributed by atoms with Crippen LogP contribution in [0.2, 0.25) is 0 Å². The molecule has 8 heteroatoms. The summed E-state index contributed by atoms with van der Waals surface area (Å²) in [7, 11) is 0. The fraction of sp³-hybridized carbons (Fsp3) is 0.211. The molecular weight excluding hydrogens is 367 g/mol. The molecule has 2 N–H and O–H groups in total. The molecule has 1 amide bonds. The molecule has 0 saturated carbocycles. The largest absolute Gasteiger partial charge is 0.486 e. The molecule has 0 fully saturated rings. The summed E-state index contributed by atoms with van der Waals surface area (Å²) in [6.45, 7) is 1.91. The zero-order chi connectivity index (χ0) is 18.6. The molecule has 4 rings (SSSR count). The van der Waals surface area contributed by atoms with Crippen LogP contribution in [0.1, 0.15) is 26.5 Å². The normalized spacial score (nSPS) is 13.1. The van der Waals surface area contributed by atoms with E-state index in [0.717, 1.165) is 19.5 Å². The number of halogens is 1. The van der Waals surface area contributed by atoms with Crippen molar-refractivity contribution in [2.45, 2.75) is 19.6 Å². The van der Waals surface area contributed by atoms with E-state index in [2.05, 4.69) is 20.8 Å². The first-order valence-electron chi connectivity index (χ1n) is 8.52. The Hall–Kier alpha value is -2.84. The molecule has 1 aliphatic heterocycles. The van der Waals surface area contributed by atoms with E-state index < -0.39 is 0 Å². The first kappa shape index (κ1) is 17.6. The molecular formula is C19H17FN4O2S. The van der Waals surface area contributed by atoms with Crippen LogP contribution in [0.3, 0.4) is 0 Å². The van der Waals surface area contributed by atoms with Gasteiger partial charge in [0.1, 0.15) is 18.2 Å². The number of nitrogens with zero attached hydrogens (tertiary/aromatic N) is 2. The number of fused-ring (bicyclic) bond motifs is 1. The molecule has 6 nitrogen and oxygen atoms in total. The maximum Gasteiger partial charge on any atom is 0.257 e. The summed E-state index contributed by atoms with van der Waals surface area (Å²) in [4.78, 5) is 12.5. The predicted molar refractivity (Wildman–Crippen MR) is 100 cm³/mol. The molecule has 0 saturated heterocycles. The summed E-state index contributed by atoms with van der Waals surface area (Å²) in [5.41, 5.74) is 3.02. The Kier molecular flexibility index (Phi) is 5.08. The highest BCUT2D eigenvalue weighted by atomic mass is 32.1. The maximum atomic E-state index is 13.2. The average Bonchev–Trinajstić information content (AvgIpc) is 3.13. The zero-order valence-corrected chi connectivity index (χ0v) is 15.2. The Balaban J connectivity index is 1.38. The number of carbonyl (C=O) groups is 1. The van der Waals surface area contributed by atoms with Crippen molar-refractivity contribution in [1.29, 1.82) is 0 Å². The lowest BCUT2D eigenvalue weighted by Gasteiger charge is -2.17. The standard InChI is InChI=1S/C19H17FN4O2S/c20-15-2-1-3-16(9-15)26-11-17-23-24-19(27-17)22-18(25)13-4-5-14-10-21-7-6-12(14)8-13/h1-5,8-9,21H,6-7,10-11H2,(H,22,24,25). The SMILES string of the molecule is O=C(Nc1nnc(COc2cccc(F)c2)s1)c1ccc2c(c1)CCNC2. The fourth-order valence-corrected chi connectivity index (χ4v) is 3.50. The minimum absolute atomic E-state index is 0.156. The van der Waals surface area contributed by atoms with Gasteiger partial charge in [0.15, 0.2) is 5.01 Å². The lowest BCUT2D eigenvalue weighted by atomic mass is 9.98. The molecule has 0 atom stereocenters. The minimum atomic E-state index is -0.362. The molecule has 1 aromatic heterocycles. The second kappa shape index (κ2) is 7.81. The molecule has 0 radical (unpaired) electrons. The third kappa shape index (κ3) is 4.29. The summed E-state index contributed by atoms with van der Waals surface area (Å²) < 4.78 is 18.6. The maximum absolute atomic E-state index is 13.2. The molecule has 27 heavy (non-hydrogen) atoms. The molecule has 2 heterocycles. The third-order valence-electron chi connectivity index (χ3n) is 4.20. The lowest BCUT2D eigenvalue weighted by molar-refractivity contribution is 0.102. The summed E-state index contributed by atoms with van der Waals surface area (Å²) >= 11 is 1.23. The van der Waals surface area contributed by atoms with Crippen LogP contribution in [0, 0.1) is 5.82 Å². The van der Waals surface area contributed by atoms with E-state index in [4.69, 9.17) is 4.74 Å². The highest BCUT2D eigenvalue weighted by Gasteiger charge is 2.14. The van der Waals surface area contributed by atoms with E-state index in [9.17, 15) is 9.18 Å². The first-order chi connectivity index (χ1) is 13.2. The number of anilines is 1. The van der Waals surface area contributed by atoms with Gasteiger partial charge in [0.05, 0.1) is 0 Å². The van der Waals surface area contributed by atoms with Gasteiger partial charge < -0.3 is 10.1 Å². The smallest absolute Gasteiger partial charge is 0.257 e. The highest BCUT2D eigenvalue weighted by Crippen LogP contribution is 2.21. The number of hydrogen-bond donors (Lipinski definition) is 2. The minimum Gasteiger partial charge on any atom is -0.486 e. The van der Waals surface area contributed by atoms with E-state index in [1.165, 1.54) is 34.6 Å². The molecule has 138 valence electrons. The third-order valence-corrected chi connectivity index (χ3v) is 5.01. The van der Waals surface area contributed by atoms with Gasteiger partial charge in [-0.2, -0.15) is 0 Å². The van der Waals surface area contributed by atoms with E-state index in [-0.39, 0.29) is 18.3 Å². The van der Waals surface area contributed by atoms with Gasteiger partial charge in [-0.05, 0) is 48.4 Å². The number of rotatable bonds is 5. The monoisotopic (exact) mass is 384 g/mol. The Morgan fingerprint density at radius 3 is 3.04 bits per heavy atom. The Morgan fingerprint density at radius 2 is 2.15 bits per heavy atom. The number of carbonyl (C=O) groups excluding carboxylic acids is 1. The molecule has 1 aliphatic rings. The molecule has 0 unspecified atom stereocenters. The average molecular weight is 384 g/mol. The first-order valence-corrected chi connectivity index (χ1v) is 9.34. The van der Waals surface area contributed by atoms with E-state index >= 15 is 0 Å². The highest BCUT2D eigenvalue weighted by molar-refractivity contribution is 7.15. The summed E-state index contributed by atoms with van der Waals surface area (Å²) in [5.74, 6) is -0.164. The van der Waals surface area contributed by atoms with Crippen molar-refractivity contribution < 1.29 is 13.9 Å². The molecule has 0 spiro atoms. The number of nitrogens with one attached hydrogen (secondary N) is 2. The van der Waals surface area contributed by atoms with Gasteiger partial charge in [-0.1, -0.05) is 23.5 Å². The van der Waals surface area contributed by atoms with Crippen LogP contribution in [0.15, 0.2) is 42.5 Å². The van der Waals surface area contributed by atoms with Gasteiger partial charge >= 0.3 is 0 Å². The summed E-state index contributed by atoms with van der Waals surface area (Å²) in [6, 6.07) is 11.6. The fourth-order valence-electron chi connectivity index (χ4n) is 2.85. The lowest BCUT2D eigenvalue weighted by Crippen LogP contribution is -2.24. The molecule has 3 aromatic rings. The van der Waals surface area contributed by atoms with Crippen molar-refractivity contribution in [1.82, 2.24) is 15.5 Å². The Bertz CT molecular complexity index is 976. The number of hydrogen-bond acceptors (Lipinski definition) is 6. The number of benzene rings is 2. The molecule has 0 aliphatic carbocycles. The predicted octanol–water partition coefficient (Wildman–Crippen LogP) is 3.15. The quantitative estimate of drug-likeness (QED) is 0.707. The Morgan fingerprint density at radius 1 is 1.22 bits per heavy atom. The van der Waals surface area contributed by atoms with Crippen LogP contribution < -0.4 is 15.4 Å². The van der Waals surface area contributed by atoms with Crippen LogP contribution in [0.5, 0.6) is 5.75 Å². The number of amides is 1. The van der Waals surface area contributed by atoms with Crippen LogP contribution >= 0.6 is 11.3 Å². The van der Waals surface area contributed by atoms with Crippen molar-refractivity contribution in [3.8, 4) is 5.75 Å². The van der Waals surface area contributed by atoms with Crippen molar-refractivity contribution in [2.24, 2.45) is 0 Å². The van der Waals surface area contributed by atoms with Gasteiger partial charge in [0.25, 0.3) is 5.91 Å².